The van der Waals surface area contributed by atoms with E-state index in [1.165, 1.54) is 4.90 Å². The number of benzene rings is 1. The predicted octanol–water partition coefficient (Wildman–Crippen LogP) is 4.04. The second-order valence-electron chi connectivity index (χ2n) is 7.68. The molecule has 0 saturated carbocycles. The van der Waals surface area contributed by atoms with Crippen LogP contribution in [0.2, 0.25) is 0 Å². The van der Waals surface area contributed by atoms with Crippen LogP contribution in [0.4, 0.5) is 18.0 Å². The molecule has 0 radical (unpaired) electrons. The van der Waals surface area contributed by atoms with Crippen molar-refractivity contribution in [1.82, 2.24) is 4.90 Å². The van der Waals surface area contributed by atoms with Crippen LogP contribution in [0.5, 0.6) is 0 Å². The molecular formula is C19H24F3NO5. The third kappa shape index (κ3) is 5.60. The van der Waals surface area contributed by atoms with Gasteiger partial charge in [-0.05, 0) is 51.3 Å². The molecule has 1 saturated heterocycles. The van der Waals surface area contributed by atoms with Crippen molar-refractivity contribution in [2.75, 3.05) is 13.2 Å². The van der Waals surface area contributed by atoms with Gasteiger partial charge in [0.05, 0.1) is 25.3 Å². The predicted molar refractivity (Wildman–Crippen MR) is 93.2 cm³/mol. The number of hydrogen-bond acceptors (Lipinski definition) is 4. The van der Waals surface area contributed by atoms with Crippen molar-refractivity contribution in [3.8, 4) is 0 Å². The Kier molecular flexibility index (Phi) is 6.92. The number of morpholine rings is 1. The number of ether oxygens (including phenoxy) is 2. The van der Waals surface area contributed by atoms with Crippen LogP contribution >= 0.6 is 0 Å². The van der Waals surface area contributed by atoms with E-state index in [-0.39, 0.29) is 31.6 Å². The number of amides is 1. The first-order valence-electron chi connectivity index (χ1n) is 8.95. The molecule has 1 aliphatic heterocycles. The normalized spacial score (nSPS) is 20.1. The number of rotatable bonds is 5. The van der Waals surface area contributed by atoms with E-state index in [1.807, 2.05) is 0 Å². The lowest BCUT2D eigenvalue weighted by Gasteiger charge is -2.42. The van der Waals surface area contributed by atoms with Crippen molar-refractivity contribution in [2.45, 2.75) is 57.7 Å². The number of aliphatic carboxylic acids is 1. The van der Waals surface area contributed by atoms with Crippen LogP contribution in [0, 0.1) is 17.5 Å². The molecule has 1 heterocycles. The third-order valence-corrected chi connectivity index (χ3v) is 4.24. The SMILES string of the molecule is CC(C)(C)OC(=O)N1[C@@H](CCCC(=O)O)COC[C@H]1c1cc(F)c(F)c(F)c1. The van der Waals surface area contributed by atoms with E-state index >= 15 is 0 Å². The monoisotopic (exact) mass is 403 g/mol. The Morgan fingerprint density at radius 1 is 1.21 bits per heavy atom. The zero-order chi connectivity index (χ0) is 21.1. The highest BCUT2D eigenvalue weighted by molar-refractivity contribution is 5.70. The van der Waals surface area contributed by atoms with Gasteiger partial charge >= 0.3 is 12.1 Å². The van der Waals surface area contributed by atoms with Gasteiger partial charge in [0.1, 0.15) is 5.60 Å². The molecule has 0 aliphatic carbocycles. The van der Waals surface area contributed by atoms with Gasteiger partial charge in [0.25, 0.3) is 0 Å². The minimum Gasteiger partial charge on any atom is -0.481 e. The molecule has 0 unspecified atom stereocenters. The number of halogens is 3. The summed E-state index contributed by atoms with van der Waals surface area (Å²) in [6, 6.07) is 0.194. The summed E-state index contributed by atoms with van der Waals surface area (Å²) in [6.07, 6.45) is -0.231. The Morgan fingerprint density at radius 3 is 2.36 bits per heavy atom. The zero-order valence-electron chi connectivity index (χ0n) is 16.0. The van der Waals surface area contributed by atoms with E-state index in [1.54, 1.807) is 20.8 Å². The van der Waals surface area contributed by atoms with Gasteiger partial charge < -0.3 is 14.6 Å². The number of carbonyl (C=O) groups is 2. The first kappa shape index (κ1) is 22.0. The maximum absolute atomic E-state index is 13.7. The number of carboxylic acid groups (broad SMARTS) is 1. The van der Waals surface area contributed by atoms with Crippen molar-refractivity contribution in [1.29, 1.82) is 0 Å². The van der Waals surface area contributed by atoms with E-state index in [0.717, 1.165) is 12.1 Å². The molecule has 9 heteroatoms. The van der Waals surface area contributed by atoms with Crippen LogP contribution in [0.3, 0.4) is 0 Å². The fraction of sp³-hybridized carbons (Fsp3) is 0.579. The van der Waals surface area contributed by atoms with Crippen LogP contribution in [0.25, 0.3) is 0 Å². The molecule has 1 aromatic rings. The van der Waals surface area contributed by atoms with E-state index in [4.69, 9.17) is 14.6 Å². The second-order valence-corrected chi connectivity index (χ2v) is 7.68. The van der Waals surface area contributed by atoms with Gasteiger partial charge in [-0.15, -0.1) is 0 Å². The second kappa shape index (κ2) is 8.81. The lowest BCUT2D eigenvalue weighted by Crippen LogP contribution is -2.52. The number of nitrogens with zero attached hydrogens (tertiary/aromatic N) is 1. The Balaban J connectivity index is 2.34. The lowest BCUT2D eigenvalue weighted by molar-refractivity contribution is -0.137. The quantitative estimate of drug-likeness (QED) is 0.751. The largest absolute Gasteiger partial charge is 0.481 e. The smallest absolute Gasteiger partial charge is 0.411 e. The van der Waals surface area contributed by atoms with E-state index in [2.05, 4.69) is 0 Å². The molecule has 1 aliphatic rings. The van der Waals surface area contributed by atoms with E-state index < -0.39 is 47.2 Å². The Morgan fingerprint density at radius 2 is 1.82 bits per heavy atom. The van der Waals surface area contributed by atoms with Crippen LogP contribution in [-0.2, 0) is 14.3 Å². The van der Waals surface area contributed by atoms with Gasteiger partial charge in [-0.25, -0.2) is 18.0 Å². The Labute approximate surface area is 161 Å². The van der Waals surface area contributed by atoms with Gasteiger partial charge in [-0.3, -0.25) is 9.69 Å². The highest BCUT2D eigenvalue weighted by Gasteiger charge is 2.38. The molecule has 0 aromatic heterocycles. The van der Waals surface area contributed by atoms with Crippen LogP contribution < -0.4 is 0 Å². The summed E-state index contributed by atoms with van der Waals surface area (Å²) in [5.41, 5.74) is -0.782. The van der Waals surface area contributed by atoms with Crippen LogP contribution in [-0.4, -0.2) is 46.9 Å². The zero-order valence-corrected chi connectivity index (χ0v) is 16.0. The summed E-state index contributed by atoms with van der Waals surface area (Å²) in [7, 11) is 0. The van der Waals surface area contributed by atoms with Crippen molar-refractivity contribution in [2.24, 2.45) is 0 Å². The molecule has 2 atom stereocenters. The lowest BCUT2D eigenvalue weighted by atomic mass is 9.99. The summed E-state index contributed by atoms with van der Waals surface area (Å²) >= 11 is 0. The fourth-order valence-electron chi connectivity index (χ4n) is 3.06. The Hall–Kier alpha value is -2.29. The highest BCUT2D eigenvalue weighted by Crippen LogP contribution is 2.32. The molecule has 0 spiro atoms. The molecule has 1 fully saturated rings. The van der Waals surface area contributed by atoms with Gasteiger partial charge in [-0.1, -0.05) is 0 Å². The van der Waals surface area contributed by atoms with Crippen molar-refractivity contribution >= 4 is 12.1 Å². The van der Waals surface area contributed by atoms with E-state index in [9.17, 15) is 22.8 Å². The minimum absolute atomic E-state index is 0.0326. The number of carboxylic acids is 1. The van der Waals surface area contributed by atoms with Crippen molar-refractivity contribution < 1.29 is 37.3 Å². The first-order valence-corrected chi connectivity index (χ1v) is 8.95. The molecule has 156 valence electrons. The maximum atomic E-state index is 13.7. The van der Waals surface area contributed by atoms with Gasteiger partial charge in [-0.2, -0.15) is 0 Å². The fourth-order valence-corrected chi connectivity index (χ4v) is 3.06. The maximum Gasteiger partial charge on any atom is 0.411 e. The van der Waals surface area contributed by atoms with Crippen LogP contribution in [0.15, 0.2) is 12.1 Å². The molecule has 1 aromatic carbocycles. The number of hydrogen-bond donors (Lipinski definition) is 1. The summed E-state index contributed by atoms with van der Waals surface area (Å²) in [5, 5.41) is 8.83. The summed E-state index contributed by atoms with van der Waals surface area (Å²) in [6.45, 7) is 5.10. The van der Waals surface area contributed by atoms with E-state index in [0.29, 0.717) is 6.42 Å². The van der Waals surface area contributed by atoms with Crippen molar-refractivity contribution in [3.63, 3.8) is 0 Å². The van der Waals surface area contributed by atoms with Gasteiger partial charge in [0.15, 0.2) is 17.5 Å². The molecule has 6 nitrogen and oxygen atoms in total. The minimum atomic E-state index is -1.60. The average Bonchev–Trinajstić information content (AvgIpc) is 2.57. The molecule has 1 N–H and O–H groups in total. The average molecular weight is 403 g/mol. The van der Waals surface area contributed by atoms with Crippen LogP contribution in [0.1, 0.15) is 51.6 Å². The molecule has 1 amide bonds. The Bertz CT molecular complexity index is 712. The first-order chi connectivity index (χ1) is 13.0. The molecule has 2 rings (SSSR count). The highest BCUT2D eigenvalue weighted by atomic mass is 19.2. The third-order valence-electron chi connectivity index (χ3n) is 4.24. The summed E-state index contributed by atoms with van der Waals surface area (Å²) in [4.78, 5) is 24.9. The number of carbonyl (C=O) groups excluding carboxylic acids is 1. The van der Waals surface area contributed by atoms with Gasteiger partial charge in [0, 0.05) is 6.42 Å². The molecule has 28 heavy (non-hydrogen) atoms. The molecule has 0 bridgehead atoms. The molecular weight excluding hydrogens is 379 g/mol. The summed E-state index contributed by atoms with van der Waals surface area (Å²) in [5.74, 6) is -5.30. The van der Waals surface area contributed by atoms with Crippen molar-refractivity contribution in [3.05, 3.63) is 35.1 Å². The van der Waals surface area contributed by atoms with Gasteiger partial charge in [0.2, 0.25) is 0 Å². The summed E-state index contributed by atoms with van der Waals surface area (Å²) < 4.78 is 51.7. The standard InChI is InChI=1S/C19H24F3NO5/c1-19(2,3)28-18(26)23-12(5-4-6-16(24)25)9-27-10-15(23)11-7-13(20)17(22)14(21)8-11/h7-8,12,15H,4-6,9-10H2,1-3H3,(H,24,25)/t12-,15-/m0/s1. The topological polar surface area (TPSA) is 76.1 Å².